The van der Waals surface area contributed by atoms with Crippen LogP contribution in [0.4, 0.5) is 0 Å². The Morgan fingerprint density at radius 1 is 1.22 bits per heavy atom. The first-order valence-electron chi connectivity index (χ1n) is 10.5. The van der Waals surface area contributed by atoms with Gasteiger partial charge in [0.25, 0.3) is 0 Å². The maximum Gasteiger partial charge on any atom is 0.158 e. The Hall–Kier alpha value is -1.04. The SMILES string of the molecule is CCCCC(C)(O)CC=C[C@H]1[C@@H](O)CC(=O)[C@@H]1CCCCCCC(=O)CO. The van der Waals surface area contributed by atoms with E-state index in [0.29, 0.717) is 12.8 Å². The molecule has 156 valence electrons. The molecule has 0 heterocycles. The topological polar surface area (TPSA) is 94.8 Å². The highest BCUT2D eigenvalue weighted by Gasteiger charge is 2.39. The molecular formula is C22H38O5. The predicted octanol–water partition coefficient (Wildman–Crippen LogP) is 3.34. The summed E-state index contributed by atoms with van der Waals surface area (Å²) in [5.74, 6) is -0.291. The summed E-state index contributed by atoms with van der Waals surface area (Å²) in [5.41, 5.74) is -0.735. The highest BCUT2D eigenvalue weighted by atomic mass is 16.3. The number of unbranched alkanes of at least 4 members (excludes halogenated alkanes) is 4. The molecule has 1 unspecified atom stereocenters. The third-order valence-electron chi connectivity index (χ3n) is 5.61. The van der Waals surface area contributed by atoms with E-state index in [1.165, 1.54) is 0 Å². The Kier molecular flexibility index (Phi) is 11.0. The molecule has 0 aromatic rings. The molecule has 1 saturated carbocycles. The lowest BCUT2D eigenvalue weighted by Crippen LogP contribution is -2.23. The summed E-state index contributed by atoms with van der Waals surface area (Å²) >= 11 is 0. The maximum atomic E-state index is 12.2. The van der Waals surface area contributed by atoms with Crippen molar-refractivity contribution in [3.05, 3.63) is 12.2 Å². The molecule has 0 aliphatic heterocycles. The predicted molar refractivity (Wildman–Crippen MR) is 106 cm³/mol. The Morgan fingerprint density at radius 2 is 1.93 bits per heavy atom. The lowest BCUT2D eigenvalue weighted by Gasteiger charge is -2.22. The van der Waals surface area contributed by atoms with Crippen LogP contribution in [0.15, 0.2) is 12.2 Å². The summed E-state index contributed by atoms with van der Waals surface area (Å²) in [6.07, 6.45) is 11.5. The monoisotopic (exact) mass is 382 g/mol. The quantitative estimate of drug-likeness (QED) is 0.316. The van der Waals surface area contributed by atoms with Crippen LogP contribution in [0.1, 0.15) is 84.5 Å². The van der Waals surface area contributed by atoms with Crippen LogP contribution in [-0.2, 0) is 9.59 Å². The first-order valence-corrected chi connectivity index (χ1v) is 10.5. The minimum Gasteiger partial charge on any atom is -0.392 e. The molecule has 0 saturated heterocycles. The van der Waals surface area contributed by atoms with Crippen LogP contribution in [0.25, 0.3) is 0 Å². The molecule has 5 nitrogen and oxygen atoms in total. The fourth-order valence-corrected chi connectivity index (χ4v) is 3.85. The zero-order chi connectivity index (χ0) is 20.3. The van der Waals surface area contributed by atoms with Gasteiger partial charge >= 0.3 is 0 Å². The van der Waals surface area contributed by atoms with Crippen LogP contribution in [-0.4, -0.2) is 45.2 Å². The summed E-state index contributed by atoms with van der Waals surface area (Å²) in [4.78, 5) is 23.3. The number of carbonyl (C=O) groups excluding carboxylic acids is 2. The van der Waals surface area contributed by atoms with Gasteiger partial charge in [0.2, 0.25) is 0 Å². The van der Waals surface area contributed by atoms with Crippen molar-refractivity contribution in [3.63, 3.8) is 0 Å². The highest BCUT2D eigenvalue weighted by Crippen LogP contribution is 2.34. The van der Waals surface area contributed by atoms with Crippen molar-refractivity contribution in [1.82, 2.24) is 0 Å². The van der Waals surface area contributed by atoms with E-state index < -0.39 is 11.7 Å². The standard InChI is InChI=1S/C22H38O5/c1-3-4-13-22(2,27)14-9-12-19-18(20(25)15-21(19)26)11-8-6-5-7-10-17(24)16-23/h9,12,18-19,21,23,26-27H,3-8,10-11,13-16H2,1-2H3/t18-,19-,21+,22?/m1/s1. The minimum atomic E-state index is -0.735. The van der Waals surface area contributed by atoms with Crippen molar-refractivity contribution < 1.29 is 24.9 Å². The number of rotatable bonds is 14. The zero-order valence-electron chi connectivity index (χ0n) is 17.0. The second-order valence-corrected chi connectivity index (χ2v) is 8.30. The van der Waals surface area contributed by atoms with Crippen LogP contribution in [0, 0.1) is 11.8 Å². The van der Waals surface area contributed by atoms with Gasteiger partial charge in [-0.2, -0.15) is 0 Å². The third-order valence-corrected chi connectivity index (χ3v) is 5.61. The van der Waals surface area contributed by atoms with E-state index in [0.717, 1.165) is 51.4 Å². The first kappa shape index (κ1) is 24.0. The molecule has 3 N–H and O–H groups in total. The van der Waals surface area contributed by atoms with Crippen LogP contribution < -0.4 is 0 Å². The van der Waals surface area contributed by atoms with E-state index in [1.807, 2.05) is 19.1 Å². The fourth-order valence-electron chi connectivity index (χ4n) is 3.85. The van der Waals surface area contributed by atoms with Crippen LogP contribution in [0.2, 0.25) is 0 Å². The molecule has 0 aromatic heterocycles. The summed E-state index contributed by atoms with van der Waals surface area (Å²) in [7, 11) is 0. The van der Waals surface area contributed by atoms with Crippen molar-refractivity contribution >= 4 is 11.6 Å². The summed E-state index contributed by atoms with van der Waals surface area (Å²) in [6.45, 7) is 3.55. The molecule has 1 aliphatic rings. The molecule has 27 heavy (non-hydrogen) atoms. The first-order chi connectivity index (χ1) is 12.8. The van der Waals surface area contributed by atoms with E-state index in [9.17, 15) is 19.8 Å². The van der Waals surface area contributed by atoms with Crippen molar-refractivity contribution in [3.8, 4) is 0 Å². The molecule has 1 aliphatic carbocycles. The van der Waals surface area contributed by atoms with Crippen molar-refractivity contribution in [2.24, 2.45) is 11.8 Å². The molecule has 4 atom stereocenters. The normalized spacial score (nSPS) is 25.2. The molecule has 0 amide bonds. The van der Waals surface area contributed by atoms with Crippen molar-refractivity contribution in [1.29, 1.82) is 0 Å². The Labute approximate surface area is 163 Å². The third kappa shape index (κ3) is 9.13. The van der Waals surface area contributed by atoms with Crippen molar-refractivity contribution in [2.75, 3.05) is 6.61 Å². The average Bonchev–Trinajstić information content (AvgIpc) is 2.89. The average molecular weight is 383 g/mol. The second kappa shape index (κ2) is 12.4. The maximum absolute atomic E-state index is 12.2. The van der Waals surface area contributed by atoms with Crippen LogP contribution >= 0.6 is 0 Å². The minimum absolute atomic E-state index is 0.121. The number of ketones is 2. The van der Waals surface area contributed by atoms with Crippen molar-refractivity contribution in [2.45, 2.75) is 96.2 Å². The van der Waals surface area contributed by atoms with Gasteiger partial charge in [-0.15, -0.1) is 0 Å². The Balaban J connectivity index is 2.42. The van der Waals surface area contributed by atoms with Gasteiger partial charge in [-0.1, -0.05) is 51.2 Å². The molecule has 1 rings (SSSR count). The summed E-state index contributed by atoms with van der Waals surface area (Å²) in [5, 5.41) is 29.3. The van der Waals surface area contributed by atoms with Gasteiger partial charge in [-0.3, -0.25) is 9.59 Å². The van der Waals surface area contributed by atoms with E-state index in [1.54, 1.807) is 0 Å². The van der Waals surface area contributed by atoms with Gasteiger partial charge in [0.1, 0.15) is 12.4 Å². The molecule has 0 bridgehead atoms. The summed E-state index contributed by atoms with van der Waals surface area (Å²) < 4.78 is 0. The van der Waals surface area contributed by atoms with E-state index in [4.69, 9.17) is 5.11 Å². The number of Topliss-reactive ketones (excluding diaryl/α,β-unsaturated/α-hetero) is 2. The van der Waals surface area contributed by atoms with Crippen LogP contribution in [0.3, 0.4) is 0 Å². The van der Waals surface area contributed by atoms with Gasteiger partial charge < -0.3 is 15.3 Å². The van der Waals surface area contributed by atoms with Crippen LogP contribution in [0.5, 0.6) is 0 Å². The van der Waals surface area contributed by atoms with Gasteiger partial charge in [-0.05, 0) is 32.6 Å². The lowest BCUT2D eigenvalue weighted by molar-refractivity contribution is -0.122. The number of hydrogen-bond acceptors (Lipinski definition) is 5. The number of aliphatic hydroxyl groups is 3. The highest BCUT2D eigenvalue weighted by molar-refractivity contribution is 5.84. The molecule has 0 radical (unpaired) electrons. The van der Waals surface area contributed by atoms with Gasteiger partial charge in [0.05, 0.1) is 11.7 Å². The Morgan fingerprint density at radius 3 is 2.59 bits per heavy atom. The molecule has 1 fully saturated rings. The molecule has 5 heteroatoms. The largest absolute Gasteiger partial charge is 0.392 e. The lowest BCUT2D eigenvalue weighted by atomic mass is 9.87. The molecule has 0 spiro atoms. The number of carbonyl (C=O) groups is 2. The number of hydrogen-bond donors (Lipinski definition) is 3. The zero-order valence-corrected chi connectivity index (χ0v) is 17.0. The smallest absolute Gasteiger partial charge is 0.158 e. The fraction of sp³-hybridized carbons (Fsp3) is 0.818. The number of aliphatic hydroxyl groups excluding tert-OH is 2. The van der Waals surface area contributed by atoms with E-state index in [2.05, 4.69) is 6.92 Å². The van der Waals surface area contributed by atoms with E-state index >= 15 is 0 Å². The van der Waals surface area contributed by atoms with Gasteiger partial charge in [0, 0.05) is 24.7 Å². The van der Waals surface area contributed by atoms with Gasteiger partial charge in [0.15, 0.2) is 5.78 Å². The van der Waals surface area contributed by atoms with E-state index in [-0.39, 0.29) is 36.4 Å². The molecule has 0 aromatic carbocycles. The summed E-state index contributed by atoms with van der Waals surface area (Å²) in [6, 6.07) is 0. The second-order valence-electron chi connectivity index (χ2n) is 8.30. The van der Waals surface area contributed by atoms with Gasteiger partial charge in [-0.25, -0.2) is 0 Å². The molecular weight excluding hydrogens is 344 g/mol. The Bertz CT molecular complexity index is 483.